The van der Waals surface area contributed by atoms with E-state index in [9.17, 15) is 4.79 Å². The maximum atomic E-state index is 11.0. The summed E-state index contributed by atoms with van der Waals surface area (Å²) in [5.41, 5.74) is 0. The maximum absolute atomic E-state index is 11.0. The highest BCUT2D eigenvalue weighted by Crippen LogP contribution is 2.23. The number of carbonyl (C=O) groups is 1. The molecule has 0 bridgehead atoms. The van der Waals surface area contributed by atoms with Gasteiger partial charge in [-0.3, -0.25) is 4.79 Å². The maximum Gasteiger partial charge on any atom is 0.162 e. The zero-order valence-corrected chi connectivity index (χ0v) is 6.86. The molecule has 0 N–H and O–H groups in total. The van der Waals surface area contributed by atoms with Crippen molar-refractivity contribution in [3.05, 3.63) is 12.3 Å². The van der Waals surface area contributed by atoms with Gasteiger partial charge in [0.1, 0.15) is 6.10 Å². The molecule has 12 heavy (non-hydrogen) atoms. The Balaban J connectivity index is 1.95. The summed E-state index contributed by atoms with van der Waals surface area (Å²) in [7, 11) is 0. The molecule has 2 aliphatic rings. The molecule has 2 aliphatic heterocycles. The van der Waals surface area contributed by atoms with Gasteiger partial charge in [-0.1, -0.05) is 0 Å². The van der Waals surface area contributed by atoms with Crippen LogP contribution in [0.1, 0.15) is 12.8 Å². The van der Waals surface area contributed by atoms with Crippen molar-refractivity contribution in [3.8, 4) is 0 Å². The molecular weight excluding hydrogens is 156 g/mol. The van der Waals surface area contributed by atoms with Gasteiger partial charge in [-0.05, 0) is 6.42 Å². The largest absolute Gasteiger partial charge is 0.497 e. The summed E-state index contributed by atoms with van der Waals surface area (Å²) in [4.78, 5) is 11.0. The van der Waals surface area contributed by atoms with Crippen molar-refractivity contribution in [1.29, 1.82) is 0 Å². The number of hydrogen-bond donors (Lipinski definition) is 0. The lowest BCUT2D eigenvalue weighted by Crippen LogP contribution is -2.27. The Morgan fingerprint density at radius 3 is 3.08 bits per heavy atom. The fraction of sp³-hybridized carbons (Fsp3) is 0.667. The molecule has 0 saturated carbocycles. The highest BCUT2D eigenvalue weighted by molar-refractivity contribution is 5.90. The van der Waals surface area contributed by atoms with Crippen LogP contribution >= 0.6 is 0 Å². The van der Waals surface area contributed by atoms with Crippen molar-refractivity contribution in [2.45, 2.75) is 18.9 Å². The van der Waals surface area contributed by atoms with E-state index in [-0.39, 0.29) is 11.9 Å². The highest BCUT2D eigenvalue weighted by atomic mass is 16.5. The van der Waals surface area contributed by atoms with Gasteiger partial charge in [-0.15, -0.1) is 0 Å². The van der Waals surface area contributed by atoms with E-state index in [4.69, 9.17) is 9.47 Å². The lowest BCUT2D eigenvalue weighted by Gasteiger charge is -2.23. The summed E-state index contributed by atoms with van der Waals surface area (Å²) in [6, 6.07) is 0. The van der Waals surface area contributed by atoms with Crippen molar-refractivity contribution in [1.82, 2.24) is 0 Å². The fourth-order valence-electron chi connectivity index (χ4n) is 1.65. The van der Waals surface area contributed by atoms with Gasteiger partial charge in [0.05, 0.1) is 12.9 Å². The van der Waals surface area contributed by atoms with Gasteiger partial charge in [-0.25, -0.2) is 0 Å². The molecule has 0 amide bonds. The van der Waals surface area contributed by atoms with E-state index in [2.05, 4.69) is 0 Å². The molecule has 66 valence electrons. The lowest BCUT2D eigenvalue weighted by atomic mass is 9.96. The van der Waals surface area contributed by atoms with Crippen LogP contribution in [0.25, 0.3) is 0 Å². The predicted molar refractivity (Wildman–Crippen MR) is 42.6 cm³/mol. The number of ketones is 1. The van der Waals surface area contributed by atoms with Gasteiger partial charge < -0.3 is 9.47 Å². The molecule has 0 spiro atoms. The van der Waals surface area contributed by atoms with Crippen LogP contribution in [0.3, 0.4) is 0 Å². The van der Waals surface area contributed by atoms with Crippen LogP contribution in [0.15, 0.2) is 12.3 Å². The van der Waals surface area contributed by atoms with Crippen molar-refractivity contribution in [2.75, 3.05) is 13.2 Å². The molecule has 1 saturated heterocycles. The molecule has 0 aliphatic carbocycles. The van der Waals surface area contributed by atoms with Gasteiger partial charge in [0.25, 0.3) is 0 Å². The zero-order chi connectivity index (χ0) is 8.39. The van der Waals surface area contributed by atoms with Crippen LogP contribution in [0, 0.1) is 5.92 Å². The Morgan fingerprint density at radius 2 is 2.42 bits per heavy atom. The minimum atomic E-state index is 0.0602. The highest BCUT2D eigenvalue weighted by Gasteiger charge is 2.29. The average molecular weight is 168 g/mol. The van der Waals surface area contributed by atoms with Crippen molar-refractivity contribution in [2.24, 2.45) is 5.92 Å². The van der Waals surface area contributed by atoms with Crippen LogP contribution in [0.5, 0.6) is 0 Å². The number of carbonyl (C=O) groups excluding carboxylic acids is 1. The average Bonchev–Trinajstić information content (AvgIpc) is 2.56. The second-order valence-corrected chi connectivity index (χ2v) is 3.27. The van der Waals surface area contributed by atoms with Crippen molar-refractivity contribution in [3.63, 3.8) is 0 Å². The van der Waals surface area contributed by atoms with Crippen LogP contribution in [0.2, 0.25) is 0 Å². The van der Waals surface area contributed by atoms with Gasteiger partial charge >= 0.3 is 0 Å². The molecule has 2 heterocycles. The summed E-state index contributed by atoms with van der Waals surface area (Å²) >= 11 is 0. The summed E-state index contributed by atoms with van der Waals surface area (Å²) in [5, 5.41) is 0. The second-order valence-electron chi connectivity index (χ2n) is 3.27. The van der Waals surface area contributed by atoms with E-state index in [1.807, 2.05) is 0 Å². The van der Waals surface area contributed by atoms with Crippen LogP contribution < -0.4 is 0 Å². The first-order valence-electron chi connectivity index (χ1n) is 4.29. The summed E-state index contributed by atoms with van der Waals surface area (Å²) in [6.07, 6.45) is 4.60. The summed E-state index contributed by atoms with van der Waals surface area (Å²) < 4.78 is 10.6. The minimum absolute atomic E-state index is 0.0602. The Bertz CT molecular complexity index is 204. The van der Waals surface area contributed by atoms with E-state index in [0.29, 0.717) is 12.3 Å². The lowest BCUT2D eigenvalue weighted by molar-refractivity contribution is -0.119. The summed E-state index contributed by atoms with van der Waals surface area (Å²) in [5.74, 6) is 0.581. The van der Waals surface area contributed by atoms with Gasteiger partial charge in [0.15, 0.2) is 5.78 Å². The number of ether oxygens (including phenoxy) is 2. The Hall–Kier alpha value is -0.830. The molecule has 2 rings (SSSR count). The van der Waals surface area contributed by atoms with Crippen LogP contribution in [-0.2, 0) is 14.3 Å². The van der Waals surface area contributed by atoms with E-state index in [1.165, 1.54) is 12.3 Å². The number of allylic oxidation sites excluding steroid dienone is 1. The molecular formula is C9H12O3. The van der Waals surface area contributed by atoms with E-state index >= 15 is 0 Å². The van der Waals surface area contributed by atoms with E-state index in [1.54, 1.807) is 0 Å². The molecule has 2 unspecified atom stereocenters. The Labute approximate surface area is 71.3 Å². The molecule has 0 aromatic heterocycles. The van der Waals surface area contributed by atoms with Gasteiger partial charge in [0, 0.05) is 25.0 Å². The van der Waals surface area contributed by atoms with Crippen LogP contribution in [0.4, 0.5) is 0 Å². The third kappa shape index (κ3) is 1.50. The molecule has 1 fully saturated rings. The molecule has 0 aromatic carbocycles. The molecule has 0 aromatic rings. The molecule has 3 nitrogen and oxygen atoms in total. The Kier molecular flexibility index (Phi) is 2.13. The Morgan fingerprint density at radius 1 is 1.50 bits per heavy atom. The smallest absolute Gasteiger partial charge is 0.162 e. The van der Waals surface area contributed by atoms with Gasteiger partial charge in [0.2, 0.25) is 0 Å². The monoisotopic (exact) mass is 168 g/mol. The first kappa shape index (κ1) is 7.80. The third-order valence-corrected chi connectivity index (χ3v) is 2.40. The number of hydrogen-bond acceptors (Lipinski definition) is 3. The quantitative estimate of drug-likeness (QED) is 0.583. The molecule has 2 atom stereocenters. The fourth-order valence-corrected chi connectivity index (χ4v) is 1.65. The normalized spacial score (nSPS) is 35.2. The van der Waals surface area contributed by atoms with E-state index < -0.39 is 0 Å². The van der Waals surface area contributed by atoms with Crippen LogP contribution in [-0.4, -0.2) is 25.1 Å². The van der Waals surface area contributed by atoms with Gasteiger partial charge in [-0.2, -0.15) is 0 Å². The first-order chi connectivity index (χ1) is 5.86. The molecule has 0 radical (unpaired) electrons. The second kappa shape index (κ2) is 3.27. The predicted octanol–water partition coefficient (Wildman–Crippen LogP) is 0.895. The molecule has 3 heteroatoms. The third-order valence-electron chi connectivity index (χ3n) is 2.40. The van der Waals surface area contributed by atoms with E-state index in [0.717, 1.165) is 19.6 Å². The van der Waals surface area contributed by atoms with Crippen molar-refractivity contribution < 1.29 is 14.3 Å². The summed E-state index contributed by atoms with van der Waals surface area (Å²) in [6.45, 7) is 1.55. The topological polar surface area (TPSA) is 35.5 Å². The van der Waals surface area contributed by atoms with Crippen molar-refractivity contribution >= 4 is 5.78 Å². The zero-order valence-electron chi connectivity index (χ0n) is 6.86. The number of rotatable bonds is 1. The SMILES string of the molecule is O=C1C=COC(C2CCOC2)C1. The standard InChI is InChI=1S/C9H12O3/c10-8-2-4-12-9(5-8)7-1-3-11-6-7/h2,4,7,9H,1,3,5-6H2. The minimum Gasteiger partial charge on any atom is -0.497 e. The first-order valence-corrected chi connectivity index (χ1v) is 4.29.